The SMILES string of the molecule is Cc1ccc2c(Nc3ncnc(N4CCN(Cc5ccc6c(c5)OCO6)CC4)c3N)cccc2n1. The molecule has 0 radical (unpaired) electrons. The van der Waals surface area contributed by atoms with Crippen molar-refractivity contribution in [3.8, 4) is 11.5 Å². The number of anilines is 4. The van der Waals surface area contributed by atoms with E-state index in [0.717, 1.165) is 72.3 Å². The summed E-state index contributed by atoms with van der Waals surface area (Å²) in [4.78, 5) is 18.2. The third-order valence-electron chi connectivity index (χ3n) is 6.50. The zero-order valence-corrected chi connectivity index (χ0v) is 19.6. The number of hydrogen-bond donors (Lipinski definition) is 2. The number of nitrogens with zero attached hydrogens (tertiary/aromatic N) is 5. The summed E-state index contributed by atoms with van der Waals surface area (Å²) in [5.41, 5.74) is 11.2. The maximum atomic E-state index is 6.56. The van der Waals surface area contributed by atoms with Crippen molar-refractivity contribution < 1.29 is 9.47 Å². The third-order valence-corrected chi connectivity index (χ3v) is 6.50. The van der Waals surface area contributed by atoms with Crippen molar-refractivity contribution >= 4 is 33.9 Å². The van der Waals surface area contributed by atoms with Gasteiger partial charge in [0, 0.05) is 49.5 Å². The van der Waals surface area contributed by atoms with Crippen LogP contribution >= 0.6 is 0 Å². The number of ether oxygens (including phenoxy) is 2. The number of rotatable bonds is 5. The van der Waals surface area contributed by atoms with E-state index in [9.17, 15) is 0 Å². The molecule has 0 bridgehead atoms. The molecule has 4 aromatic rings. The first kappa shape index (κ1) is 21.4. The molecule has 35 heavy (non-hydrogen) atoms. The van der Waals surface area contributed by atoms with Crippen molar-refractivity contribution in [2.75, 3.05) is 48.9 Å². The summed E-state index contributed by atoms with van der Waals surface area (Å²) in [5, 5.41) is 4.42. The van der Waals surface area contributed by atoms with Gasteiger partial charge >= 0.3 is 0 Å². The Morgan fingerprint density at radius 3 is 2.71 bits per heavy atom. The van der Waals surface area contributed by atoms with Crippen molar-refractivity contribution in [2.24, 2.45) is 0 Å². The highest BCUT2D eigenvalue weighted by Gasteiger charge is 2.22. The molecule has 6 rings (SSSR count). The summed E-state index contributed by atoms with van der Waals surface area (Å²) >= 11 is 0. The Bertz CT molecular complexity index is 1390. The van der Waals surface area contributed by atoms with E-state index in [0.29, 0.717) is 18.3 Å². The number of piperazine rings is 1. The minimum Gasteiger partial charge on any atom is -0.454 e. The first-order chi connectivity index (χ1) is 17.1. The Morgan fingerprint density at radius 1 is 0.971 bits per heavy atom. The van der Waals surface area contributed by atoms with E-state index >= 15 is 0 Å². The quantitative estimate of drug-likeness (QED) is 0.453. The standard InChI is InChI=1S/C26H27N7O2/c1-17-5-7-19-20(30-17)3-2-4-21(19)31-25-24(27)26(29-15-28-25)33-11-9-32(10-12-33)14-18-6-8-22-23(13-18)35-16-34-22/h2-8,13,15H,9-12,14,16,27H2,1H3,(H,28,29,31). The van der Waals surface area contributed by atoms with Crippen LogP contribution < -0.4 is 25.4 Å². The molecule has 0 spiro atoms. The molecule has 0 unspecified atom stereocenters. The Balaban J connectivity index is 1.15. The monoisotopic (exact) mass is 469 g/mol. The highest BCUT2D eigenvalue weighted by Crippen LogP contribution is 2.34. The molecule has 4 heterocycles. The van der Waals surface area contributed by atoms with E-state index in [4.69, 9.17) is 15.2 Å². The van der Waals surface area contributed by atoms with Gasteiger partial charge in [-0.2, -0.15) is 0 Å². The van der Waals surface area contributed by atoms with Crippen LogP contribution in [-0.4, -0.2) is 52.8 Å². The zero-order chi connectivity index (χ0) is 23.8. The molecule has 0 amide bonds. The predicted molar refractivity (Wildman–Crippen MR) is 136 cm³/mol. The number of aromatic nitrogens is 3. The average molecular weight is 470 g/mol. The molecule has 2 aliphatic rings. The van der Waals surface area contributed by atoms with Gasteiger partial charge in [-0.25, -0.2) is 9.97 Å². The van der Waals surface area contributed by atoms with Crippen LogP contribution in [0.3, 0.4) is 0 Å². The second kappa shape index (κ2) is 8.92. The zero-order valence-electron chi connectivity index (χ0n) is 19.6. The van der Waals surface area contributed by atoms with Gasteiger partial charge in [0.05, 0.1) is 5.52 Å². The lowest BCUT2D eigenvalue weighted by Gasteiger charge is -2.36. The molecule has 0 atom stereocenters. The van der Waals surface area contributed by atoms with E-state index in [1.165, 1.54) is 5.56 Å². The summed E-state index contributed by atoms with van der Waals surface area (Å²) in [6, 6.07) is 16.2. The molecule has 9 heteroatoms. The number of nitrogens with one attached hydrogen (secondary N) is 1. The summed E-state index contributed by atoms with van der Waals surface area (Å²) in [7, 11) is 0. The summed E-state index contributed by atoms with van der Waals surface area (Å²) in [6.45, 7) is 6.65. The van der Waals surface area contributed by atoms with E-state index in [1.54, 1.807) is 6.33 Å². The number of pyridine rings is 1. The number of fused-ring (bicyclic) bond motifs is 2. The first-order valence-corrected chi connectivity index (χ1v) is 11.7. The second-order valence-corrected chi connectivity index (χ2v) is 8.86. The second-order valence-electron chi connectivity index (χ2n) is 8.86. The highest BCUT2D eigenvalue weighted by atomic mass is 16.7. The Labute approximate surface area is 203 Å². The minimum atomic E-state index is 0.297. The molecular weight excluding hydrogens is 442 g/mol. The topological polar surface area (TPSA) is 102 Å². The van der Waals surface area contributed by atoms with Gasteiger partial charge in [-0.3, -0.25) is 9.88 Å². The van der Waals surface area contributed by atoms with Crippen molar-refractivity contribution in [3.63, 3.8) is 0 Å². The lowest BCUT2D eigenvalue weighted by atomic mass is 10.1. The van der Waals surface area contributed by atoms with Crippen LogP contribution in [0, 0.1) is 6.92 Å². The van der Waals surface area contributed by atoms with Crippen molar-refractivity contribution in [1.29, 1.82) is 0 Å². The number of benzene rings is 2. The van der Waals surface area contributed by atoms with Crippen LogP contribution in [0.5, 0.6) is 11.5 Å². The lowest BCUT2D eigenvalue weighted by molar-refractivity contribution is 0.174. The Hall–Kier alpha value is -4.11. The molecule has 1 fully saturated rings. The third kappa shape index (κ3) is 4.26. The van der Waals surface area contributed by atoms with Gasteiger partial charge in [0.15, 0.2) is 23.1 Å². The smallest absolute Gasteiger partial charge is 0.231 e. The van der Waals surface area contributed by atoms with Gasteiger partial charge in [-0.15, -0.1) is 0 Å². The lowest BCUT2D eigenvalue weighted by Crippen LogP contribution is -2.46. The van der Waals surface area contributed by atoms with E-state index < -0.39 is 0 Å². The van der Waals surface area contributed by atoms with Crippen molar-refractivity contribution in [1.82, 2.24) is 19.9 Å². The molecular formula is C26H27N7O2. The van der Waals surface area contributed by atoms with Gasteiger partial charge in [0.1, 0.15) is 12.0 Å². The number of nitrogen functional groups attached to an aromatic ring is 1. The summed E-state index contributed by atoms with van der Waals surface area (Å²) < 4.78 is 10.9. The average Bonchev–Trinajstić information content (AvgIpc) is 3.34. The van der Waals surface area contributed by atoms with Crippen LogP contribution in [0.25, 0.3) is 10.9 Å². The van der Waals surface area contributed by atoms with E-state index in [2.05, 4.69) is 48.3 Å². The van der Waals surface area contributed by atoms with Crippen LogP contribution in [0.1, 0.15) is 11.3 Å². The Morgan fingerprint density at radius 2 is 1.83 bits per heavy atom. The predicted octanol–water partition coefficient (Wildman–Crippen LogP) is 3.71. The molecule has 2 aromatic carbocycles. The molecule has 3 N–H and O–H groups in total. The molecule has 178 valence electrons. The molecule has 0 saturated carbocycles. The van der Waals surface area contributed by atoms with E-state index in [1.807, 2.05) is 37.3 Å². The van der Waals surface area contributed by atoms with Crippen molar-refractivity contribution in [2.45, 2.75) is 13.5 Å². The fraction of sp³-hybridized carbons (Fsp3) is 0.269. The molecule has 2 aliphatic heterocycles. The molecule has 0 aliphatic carbocycles. The van der Waals surface area contributed by atoms with Gasteiger partial charge in [0.25, 0.3) is 0 Å². The van der Waals surface area contributed by atoms with Crippen LogP contribution in [0.4, 0.5) is 23.0 Å². The van der Waals surface area contributed by atoms with Gasteiger partial charge in [-0.05, 0) is 48.9 Å². The van der Waals surface area contributed by atoms with Gasteiger partial charge < -0.3 is 25.4 Å². The van der Waals surface area contributed by atoms with Crippen LogP contribution in [0.2, 0.25) is 0 Å². The molecule has 9 nitrogen and oxygen atoms in total. The summed E-state index contributed by atoms with van der Waals surface area (Å²) in [5.74, 6) is 3.01. The van der Waals surface area contributed by atoms with Gasteiger partial charge in [0.2, 0.25) is 6.79 Å². The fourth-order valence-corrected chi connectivity index (χ4v) is 4.65. The molecule has 1 saturated heterocycles. The Kier molecular flexibility index (Phi) is 5.46. The number of hydrogen-bond acceptors (Lipinski definition) is 9. The summed E-state index contributed by atoms with van der Waals surface area (Å²) in [6.07, 6.45) is 1.57. The molecule has 2 aromatic heterocycles. The minimum absolute atomic E-state index is 0.297. The van der Waals surface area contributed by atoms with Crippen LogP contribution in [-0.2, 0) is 6.54 Å². The van der Waals surface area contributed by atoms with E-state index in [-0.39, 0.29) is 0 Å². The highest BCUT2D eigenvalue weighted by molar-refractivity contribution is 5.94. The maximum absolute atomic E-state index is 6.56. The number of aryl methyl sites for hydroxylation is 1. The number of nitrogens with two attached hydrogens (primary N) is 1. The normalized spacial score (nSPS) is 15.5. The maximum Gasteiger partial charge on any atom is 0.231 e. The first-order valence-electron chi connectivity index (χ1n) is 11.7. The fourth-order valence-electron chi connectivity index (χ4n) is 4.65. The van der Waals surface area contributed by atoms with Crippen molar-refractivity contribution in [3.05, 3.63) is 66.1 Å². The van der Waals surface area contributed by atoms with Gasteiger partial charge in [-0.1, -0.05) is 12.1 Å². The van der Waals surface area contributed by atoms with Crippen LogP contribution in [0.15, 0.2) is 54.9 Å². The largest absolute Gasteiger partial charge is 0.454 e.